The monoisotopic (exact) mass is 387 g/mol. The maximum atomic E-state index is 11.5. The highest BCUT2D eigenvalue weighted by Crippen LogP contribution is 2.29. The van der Waals surface area contributed by atoms with Crippen LogP contribution in [-0.4, -0.2) is 54.9 Å². The van der Waals surface area contributed by atoms with Crippen LogP contribution in [0.25, 0.3) is 0 Å². The van der Waals surface area contributed by atoms with Crippen molar-refractivity contribution in [2.45, 2.75) is 53.1 Å². The van der Waals surface area contributed by atoms with Gasteiger partial charge in [0.25, 0.3) is 0 Å². The van der Waals surface area contributed by atoms with E-state index < -0.39 is 54.9 Å². The lowest BCUT2D eigenvalue weighted by Gasteiger charge is -2.37. The summed E-state index contributed by atoms with van der Waals surface area (Å²) in [5.41, 5.74) is -0.224. The molecule has 0 aromatic heterocycles. The summed E-state index contributed by atoms with van der Waals surface area (Å²) in [6.07, 6.45) is -4.01. The van der Waals surface area contributed by atoms with Crippen LogP contribution in [0.2, 0.25) is 0 Å². The van der Waals surface area contributed by atoms with Crippen LogP contribution in [0.3, 0.4) is 0 Å². The molecule has 1 heterocycles. The van der Waals surface area contributed by atoms with Crippen LogP contribution >= 0.6 is 0 Å². The lowest BCUT2D eigenvalue weighted by Crippen LogP contribution is -2.51. The maximum Gasteiger partial charge on any atom is 0.307 e. The van der Waals surface area contributed by atoms with E-state index in [1.165, 1.54) is 0 Å². The van der Waals surface area contributed by atoms with E-state index in [0.717, 1.165) is 34.6 Å². The minimum Gasteiger partial charge on any atom is -0.463 e. The molecule has 1 amide bonds. The predicted octanol–water partition coefficient (Wildman–Crippen LogP) is -0.320. The van der Waals surface area contributed by atoms with E-state index in [4.69, 9.17) is 23.7 Å². The number of carbonyl (C=O) groups excluding carboxylic acids is 5. The van der Waals surface area contributed by atoms with Crippen LogP contribution < -0.4 is 5.32 Å². The van der Waals surface area contributed by atoms with Gasteiger partial charge >= 0.3 is 23.9 Å². The molecule has 0 fully saturated rings. The number of nitrogens with one attached hydrogen (secondary N) is 1. The van der Waals surface area contributed by atoms with E-state index in [1.54, 1.807) is 0 Å². The maximum absolute atomic E-state index is 11.5. The van der Waals surface area contributed by atoms with Gasteiger partial charge in [0.05, 0.1) is 0 Å². The predicted molar refractivity (Wildman–Crippen MR) is 85.2 cm³/mol. The normalized spacial score (nSPS) is 21.7. The summed E-state index contributed by atoms with van der Waals surface area (Å²) >= 11 is 0. The van der Waals surface area contributed by atoms with Crippen molar-refractivity contribution >= 4 is 29.8 Å². The standard InChI is InChI=1S/C16H21NO10/c1-7(18)17-13-15(25-10(4)21)14(24-9(3)20)12(6-23-8(2)19)27-16(13)26-11(5)22/h12,14,16H,6H2,1-5H3,(H,17,18)/t12?,14-,16+/m0/s1. The summed E-state index contributed by atoms with van der Waals surface area (Å²) in [5.74, 6) is -3.84. The average molecular weight is 387 g/mol. The number of amides is 1. The van der Waals surface area contributed by atoms with Gasteiger partial charge < -0.3 is 29.0 Å². The quantitative estimate of drug-likeness (QED) is 0.475. The molecule has 0 aromatic carbocycles. The molecule has 0 radical (unpaired) electrons. The lowest BCUT2D eigenvalue weighted by atomic mass is 10.1. The van der Waals surface area contributed by atoms with E-state index >= 15 is 0 Å². The van der Waals surface area contributed by atoms with Crippen molar-refractivity contribution in [3.63, 3.8) is 0 Å². The summed E-state index contributed by atoms with van der Waals surface area (Å²) < 4.78 is 25.6. The summed E-state index contributed by atoms with van der Waals surface area (Å²) in [7, 11) is 0. The first-order valence-corrected chi connectivity index (χ1v) is 7.84. The molecular formula is C16H21NO10. The molecule has 1 unspecified atom stereocenters. The van der Waals surface area contributed by atoms with Gasteiger partial charge in [0.1, 0.15) is 18.4 Å². The van der Waals surface area contributed by atoms with Crippen LogP contribution in [0.4, 0.5) is 0 Å². The number of ether oxygens (including phenoxy) is 5. The summed E-state index contributed by atoms with van der Waals surface area (Å²) in [6, 6.07) is 0. The average Bonchev–Trinajstić information content (AvgIpc) is 2.49. The zero-order valence-electron chi connectivity index (χ0n) is 15.5. The van der Waals surface area contributed by atoms with Gasteiger partial charge in [-0.15, -0.1) is 0 Å². The van der Waals surface area contributed by atoms with Crippen LogP contribution in [-0.2, 0) is 47.7 Å². The Kier molecular flexibility index (Phi) is 7.91. The zero-order valence-corrected chi connectivity index (χ0v) is 15.5. The molecule has 0 spiro atoms. The zero-order chi connectivity index (χ0) is 20.7. The fourth-order valence-electron chi connectivity index (χ4n) is 2.19. The van der Waals surface area contributed by atoms with Crippen molar-refractivity contribution in [1.82, 2.24) is 5.32 Å². The molecule has 3 atom stereocenters. The Balaban J connectivity index is 3.45. The van der Waals surface area contributed by atoms with Gasteiger partial charge in [-0.2, -0.15) is 0 Å². The number of carbonyl (C=O) groups is 5. The molecule has 1 rings (SSSR count). The first-order valence-electron chi connectivity index (χ1n) is 7.84. The van der Waals surface area contributed by atoms with Crippen molar-refractivity contribution in [2.75, 3.05) is 6.61 Å². The van der Waals surface area contributed by atoms with Crippen molar-refractivity contribution in [2.24, 2.45) is 0 Å². The Hall–Kier alpha value is -2.95. The molecule has 150 valence electrons. The molecule has 0 saturated carbocycles. The highest BCUT2D eigenvalue weighted by molar-refractivity contribution is 5.76. The second-order valence-electron chi connectivity index (χ2n) is 5.50. The molecule has 0 bridgehead atoms. The van der Waals surface area contributed by atoms with Crippen LogP contribution in [0, 0.1) is 0 Å². The summed E-state index contributed by atoms with van der Waals surface area (Å²) in [6.45, 7) is 5.20. The van der Waals surface area contributed by atoms with Gasteiger partial charge in [-0.1, -0.05) is 0 Å². The Morgan fingerprint density at radius 2 is 1.48 bits per heavy atom. The number of hydrogen-bond acceptors (Lipinski definition) is 10. The molecule has 0 saturated heterocycles. The SMILES string of the molecule is CC(=O)NC1=C(OC(C)=O)[C@@H](OC(C)=O)C(COC(C)=O)O[C@H]1OC(C)=O. The van der Waals surface area contributed by atoms with Crippen LogP contribution in [0.15, 0.2) is 11.5 Å². The van der Waals surface area contributed by atoms with E-state index in [1.807, 2.05) is 0 Å². The van der Waals surface area contributed by atoms with Gasteiger partial charge in [0, 0.05) is 34.6 Å². The fraction of sp³-hybridized carbons (Fsp3) is 0.562. The van der Waals surface area contributed by atoms with Crippen molar-refractivity contribution in [3.05, 3.63) is 11.5 Å². The smallest absolute Gasteiger partial charge is 0.307 e. The van der Waals surface area contributed by atoms with Gasteiger partial charge in [-0.25, -0.2) is 0 Å². The fourth-order valence-corrected chi connectivity index (χ4v) is 2.19. The van der Waals surface area contributed by atoms with Crippen molar-refractivity contribution < 1.29 is 47.7 Å². The lowest BCUT2D eigenvalue weighted by molar-refractivity contribution is -0.214. The molecule has 1 aliphatic heterocycles. The largest absolute Gasteiger partial charge is 0.463 e. The Morgan fingerprint density at radius 3 is 1.93 bits per heavy atom. The molecule has 0 aliphatic carbocycles. The third-order valence-electron chi connectivity index (χ3n) is 2.98. The second-order valence-corrected chi connectivity index (χ2v) is 5.50. The summed E-state index contributed by atoms with van der Waals surface area (Å²) in [4.78, 5) is 57.1. The highest BCUT2D eigenvalue weighted by Gasteiger charge is 2.44. The van der Waals surface area contributed by atoms with E-state index in [9.17, 15) is 24.0 Å². The first kappa shape index (κ1) is 22.1. The topological polar surface area (TPSA) is 144 Å². The van der Waals surface area contributed by atoms with E-state index in [-0.39, 0.29) is 11.5 Å². The third kappa shape index (κ3) is 7.05. The summed E-state index contributed by atoms with van der Waals surface area (Å²) in [5, 5.41) is 2.34. The first-order chi connectivity index (χ1) is 12.5. The van der Waals surface area contributed by atoms with Gasteiger partial charge in [0.2, 0.25) is 12.2 Å². The van der Waals surface area contributed by atoms with Crippen molar-refractivity contribution in [3.8, 4) is 0 Å². The van der Waals surface area contributed by atoms with Gasteiger partial charge in [0.15, 0.2) is 11.9 Å². The molecule has 11 nitrogen and oxygen atoms in total. The molecule has 1 N–H and O–H groups in total. The van der Waals surface area contributed by atoms with Crippen molar-refractivity contribution in [1.29, 1.82) is 0 Å². The van der Waals surface area contributed by atoms with Crippen LogP contribution in [0.5, 0.6) is 0 Å². The third-order valence-corrected chi connectivity index (χ3v) is 2.98. The Bertz CT molecular complexity index is 668. The molecule has 0 aromatic rings. The van der Waals surface area contributed by atoms with E-state index in [2.05, 4.69) is 5.32 Å². The van der Waals surface area contributed by atoms with E-state index in [0.29, 0.717) is 0 Å². The van der Waals surface area contributed by atoms with Gasteiger partial charge in [-0.3, -0.25) is 24.0 Å². The highest BCUT2D eigenvalue weighted by atomic mass is 16.7. The second kappa shape index (κ2) is 9.67. The number of rotatable bonds is 6. The minimum absolute atomic E-state index is 0.224. The number of esters is 4. The molecular weight excluding hydrogens is 366 g/mol. The van der Waals surface area contributed by atoms with Gasteiger partial charge in [-0.05, 0) is 0 Å². The molecule has 27 heavy (non-hydrogen) atoms. The molecule has 1 aliphatic rings. The molecule has 11 heteroatoms. The number of hydrogen-bond donors (Lipinski definition) is 1. The minimum atomic E-state index is -1.49. The Morgan fingerprint density at radius 1 is 0.889 bits per heavy atom. The van der Waals surface area contributed by atoms with Crippen LogP contribution in [0.1, 0.15) is 34.6 Å². The Labute approximate surface area is 154 Å².